The molecule has 1 amide bonds. The second-order valence-electron chi connectivity index (χ2n) is 7.85. The molecule has 0 saturated carbocycles. The van der Waals surface area contributed by atoms with Gasteiger partial charge in [0.05, 0.1) is 12.2 Å². The number of amides is 1. The number of carbonyl (C=O) groups excluding carboxylic acids is 1. The van der Waals surface area contributed by atoms with Crippen molar-refractivity contribution in [1.29, 1.82) is 0 Å². The number of carbonyl (C=O) groups is 1. The molecule has 148 valence electrons. The molecule has 2 aromatic rings. The molecule has 0 radical (unpaired) electrons. The Labute approximate surface area is 165 Å². The van der Waals surface area contributed by atoms with Gasteiger partial charge in [-0.2, -0.15) is 0 Å². The van der Waals surface area contributed by atoms with E-state index in [2.05, 4.69) is 4.90 Å². The lowest BCUT2D eigenvalue weighted by molar-refractivity contribution is 0.0704. The van der Waals surface area contributed by atoms with Gasteiger partial charge in [0.1, 0.15) is 5.82 Å². The minimum absolute atomic E-state index is 0.0174. The Balaban J connectivity index is 1.50. The number of hydrogen-bond acceptors (Lipinski definition) is 3. The van der Waals surface area contributed by atoms with Gasteiger partial charge in [0.15, 0.2) is 0 Å². The van der Waals surface area contributed by atoms with Crippen molar-refractivity contribution < 1.29 is 14.3 Å². The van der Waals surface area contributed by atoms with Crippen molar-refractivity contribution in [2.45, 2.75) is 38.3 Å². The summed E-state index contributed by atoms with van der Waals surface area (Å²) in [5, 5.41) is 9.15. The molecule has 2 aliphatic rings. The van der Waals surface area contributed by atoms with Crippen molar-refractivity contribution in [3.63, 3.8) is 0 Å². The van der Waals surface area contributed by atoms with Gasteiger partial charge in [-0.25, -0.2) is 4.39 Å². The topological polar surface area (TPSA) is 43.8 Å². The fourth-order valence-electron chi connectivity index (χ4n) is 4.38. The smallest absolute Gasteiger partial charge is 0.257 e. The van der Waals surface area contributed by atoms with E-state index in [0.717, 1.165) is 49.2 Å². The number of benzene rings is 2. The van der Waals surface area contributed by atoms with Crippen molar-refractivity contribution in [2.75, 3.05) is 26.2 Å². The van der Waals surface area contributed by atoms with E-state index < -0.39 is 5.82 Å². The van der Waals surface area contributed by atoms with Crippen LogP contribution < -0.4 is 0 Å². The molecule has 0 aromatic heterocycles. The Hall–Kier alpha value is -2.24. The molecule has 4 nitrogen and oxygen atoms in total. The molecular weight excluding hydrogens is 355 g/mol. The lowest BCUT2D eigenvalue weighted by Crippen LogP contribution is -2.42. The summed E-state index contributed by atoms with van der Waals surface area (Å²) in [5.41, 5.74) is 2.56. The number of aliphatic hydroxyl groups is 1. The molecule has 5 heteroatoms. The predicted molar refractivity (Wildman–Crippen MR) is 107 cm³/mol. The van der Waals surface area contributed by atoms with Gasteiger partial charge in [0, 0.05) is 19.1 Å². The Bertz CT molecular complexity index is 831. The summed E-state index contributed by atoms with van der Waals surface area (Å²) in [6.07, 6.45) is 4.45. The molecule has 0 bridgehead atoms. The number of aliphatic hydroxyl groups excluding tert-OH is 1. The van der Waals surface area contributed by atoms with Crippen LogP contribution in [-0.2, 0) is 6.61 Å². The molecule has 2 aromatic carbocycles. The maximum absolute atomic E-state index is 14.8. The highest BCUT2D eigenvalue weighted by molar-refractivity contribution is 5.95. The third-order valence-corrected chi connectivity index (χ3v) is 5.97. The van der Waals surface area contributed by atoms with E-state index in [1.807, 2.05) is 29.2 Å². The highest BCUT2D eigenvalue weighted by Gasteiger charge is 2.32. The van der Waals surface area contributed by atoms with Gasteiger partial charge in [-0.3, -0.25) is 4.79 Å². The standard InChI is InChI=1S/C23H27FN2O2/c24-22-14-19(18-7-5-17(16-27)6-8-18)9-10-21(22)23(28)26-13-3-4-20(26)15-25-11-1-2-12-25/h5-10,14,20,27H,1-4,11-13,15-16H2/t20-/m0/s1. The van der Waals surface area contributed by atoms with Crippen LogP contribution in [0.3, 0.4) is 0 Å². The monoisotopic (exact) mass is 382 g/mol. The largest absolute Gasteiger partial charge is 0.392 e. The first-order chi connectivity index (χ1) is 13.7. The molecule has 1 atom stereocenters. The fraction of sp³-hybridized carbons (Fsp3) is 0.435. The molecule has 1 N–H and O–H groups in total. The zero-order chi connectivity index (χ0) is 19.5. The first kappa shape index (κ1) is 19.1. The summed E-state index contributed by atoms with van der Waals surface area (Å²) in [4.78, 5) is 17.3. The maximum Gasteiger partial charge on any atom is 0.257 e. The first-order valence-electron chi connectivity index (χ1n) is 10.2. The molecule has 2 saturated heterocycles. The normalized spacial score (nSPS) is 20.1. The van der Waals surface area contributed by atoms with Crippen LogP contribution in [0, 0.1) is 5.82 Å². The zero-order valence-corrected chi connectivity index (χ0v) is 16.1. The maximum atomic E-state index is 14.8. The quantitative estimate of drug-likeness (QED) is 0.858. The zero-order valence-electron chi connectivity index (χ0n) is 16.1. The lowest BCUT2D eigenvalue weighted by atomic mass is 10.0. The average molecular weight is 382 g/mol. The van der Waals surface area contributed by atoms with Crippen LogP contribution in [0.2, 0.25) is 0 Å². The number of hydrogen-bond donors (Lipinski definition) is 1. The SMILES string of the molecule is O=C(c1ccc(-c2ccc(CO)cc2)cc1F)N1CCC[C@H]1CN1CCCC1. The van der Waals surface area contributed by atoms with E-state index >= 15 is 0 Å². The number of likely N-dealkylation sites (tertiary alicyclic amines) is 2. The Morgan fingerprint density at radius 3 is 2.39 bits per heavy atom. The van der Waals surface area contributed by atoms with Crippen LogP contribution in [0.15, 0.2) is 42.5 Å². The minimum atomic E-state index is -0.472. The van der Waals surface area contributed by atoms with E-state index in [-0.39, 0.29) is 24.1 Å². The van der Waals surface area contributed by atoms with Gasteiger partial charge < -0.3 is 14.9 Å². The highest BCUT2D eigenvalue weighted by atomic mass is 19.1. The number of nitrogens with zero attached hydrogens (tertiary/aromatic N) is 2. The van der Waals surface area contributed by atoms with Crippen LogP contribution >= 0.6 is 0 Å². The molecule has 0 unspecified atom stereocenters. The second-order valence-corrected chi connectivity index (χ2v) is 7.85. The predicted octanol–water partition coefficient (Wildman–Crippen LogP) is 3.69. The van der Waals surface area contributed by atoms with Gasteiger partial charge in [-0.1, -0.05) is 30.3 Å². The van der Waals surface area contributed by atoms with Crippen molar-refractivity contribution in [3.05, 3.63) is 59.4 Å². The Kier molecular flexibility index (Phi) is 5.74. The van der Waals surface area contributed by atoms with Gasteiger partial charge >= 0.3 is 0 Å². The third-order valence-electron chi connectivity index (χ3n) is 5.97. The Morgan fingerprint density at radius 1 is 1.00 bits per heavy atom. The van der Waals surface area contributed by atoms with Crippen molar-refractivity contribution >= 4 is 5.91 Å². The first-order valence-corrected chi connectivity index (χ1v) is 10.2. The van der Waals surface area contributed by atoms with Crippen molar-refractivity contribution in [2.24, 2.45) is 0 Å². The van der Waals surface area contributed by atoms with Crippen LogP contribution in [0.5, 0.6) is 0 Å². The van der Waals surface area contributed by atoms with Crippen molar-refractivity contribution in [3.8, 4) is 11.1 Å². The molecule has 2 fully saturated rings. The van der Waals surface area contributed by atoms with Crippen LogP contribution in [0.1, 0.15) is 41.6 Å². The number of halogens is 1. The summed E-state index contributed by atoms with van der Waals surface area (Å²) in [5.74, 6) is -0.665. The summed E-state index contributed by atoms with van der Waals surface area (Å²) in [7, 11) is 0. The second kappa shape index (κ2) is 8.41. The van der Waals surface area contributed by atoms with Gasteiger partial charge in [-0.15, -0.1) is 0 Å². The summed E-state index contributed by atoms with van der Waals surface area (Å²) >= 11 is 0. The molecule has 28 heavy (non-hydrogen) atoms. The minimum Gasteiger partial charge on any atom is -0.392 e. The molecule has 0 spiro atoms. The van der Waals surface area contributed by atoms with E-state index in [1.165, 1.54) is 18.9 Å². The summed E-state index contributed by atoms with van der Waals surface area (Å²) in [6, 6.07) is 12.4. The molecule has 2 aliphatic heterocycles. The van der Waals surface area contributed by atoms with E-state index in [0.29, 0.717) is 6.54 Å². The number of rotatable bonds is 5. The fourth-order valence-corrected chi connectivity index (χ4v) is 4.38. The van der Waals surface area contributed by atoms with E-state index in [1.54, 1.807) is 12.1 Å². The molecule has 4 rings (SSSR count). The lowest BCUT2D eigenvalue weighted by Gasteiger charge is -2.28. The van der Waals surface area contributed by atoms with Crippen LogP contribution in [0.4, 0.5) is 4.39 Å². The molecule has 0 aliphatic carbocycles. The van der Waals surface area contributed by atoms with Gasteiger partial charge in [-0.05, 0) is 67.6 Å². The van der Waals surface area contributed by atoms with Gasteiger partial charge in [0.2, 0.25) is 0 Å². The van der Waals surface area contributed by atoms with Crippen molar-refractivity contribution in [1.82, 2.24) is 9.80 Å². The highest BCUT2D eigenvalue weighted by Crippen LogP contribution is 2.26. The van der Waals surface area contributed by atoms with Crippen LogP contribution in [0.25, 0.3) is 11.1 Å². The van der Waals surface area contributed by atoms with Gasteiger partial charge in [0.25, 0.3) is 5.91 Å². The summed E-state index contributed by atoms with van der Waals surface area (Å²) in [6.45, 7) is 3.81. The van der Waals surface area contributed by atoms with E-state index in [4.69, 9.17) is 5.11 Å². The van der Waals surface area contributed by atoms with E-state index in [9.17, 15) is 9.18 Å². The Morgan fingerprint density at radius 2 is 1.71 bits per heavy atom. The summed E-state index contributed by atoms with van der Waals surface area (Å²) < 4.78 is 14.8. The third kappa shape index (κ3) is 3.96. The average Bonchev–Trinajstić information content (AvgIpc) is 3.40. The molecular formula is C23H27FN2O2. The van der Waals surface area contributed by atoms with Crippen LogP contribution in [-0.4, -0.2) is 53.0 Å². The molecule has 2 heterocycles.